The van der Waals surface area contributed by atoms with E-state index in [0.717, 1.165) is 32.6 Å². The number of rotatable bonds is 5. The zero-order valence-corrected chi connectivity index (χ0v) is 14.5. The summed E-state index contributed by atoms with van der Waals surface area (Å²) in [6.45, 7) is 4.36. The van der Waals surface area contributed by atoms with E-state index in [0.29, 0.717) is 13.1 Å². The summed E-state index contributed by atoms with van der Waals surface area (Å²) >= 11 is 0. The van der Waals surface area contributed by atoms with Gasteiger partial charge in [0.25, 0.3) is 0 Å². The summed E-state index contributed by atoms with van der Waals surface area (Å²) in [5.41, 5.74) is 2.43. The lowest BCUT2D eigenvalue weighted by Crippen LogP contribution is -2.47. The highest BCUT2D eigenvalue weighted by Gasteiger charge is 2.28. The van der Waals surface area contributed by atoms with Crippen molar-refractivity contribution in [2.24, 2.45) is 0 Å². The molecule has 132 valence electrons. The van der Waals surface area contributed by atoms with Gasteiger partial charge in [-0.1, -0.05) is 60.7 Å². The fourth-order valence-corrected chi connectivity index (χ4v) is 3.46. The fraction of sp³-hybridized carbons (Fsp3) is 0.400. The van der Waals surface area contributed by atoms with Gasteiger partial charge in [-0.15, -0.1) is 0 Å². The summed E-state index contributed by atoms with van der Waals surface area (Å²) in [5.74, 6) is 0. The molecule has 0 atom stereocenters. The molecule has 2 aromatic carbocycles. The first-order valence-electron chi connectivity index (χ1n) is 8.87. The Kier molecular flexibility index (Phi) is 6.14. The molecule has 0 aliphatic carbocycles. The van der Waals surface area contributed by atoms with Gasteiger partial charge in [-0.05, 0) is 30.6 Å². The van der Waals surface area contributed by atoms with Crippen LogP contribution in [0.15, 0.2) is 60.7 Å². The monoisotopic (exact) mass is 339 g/mol. The van der Waals surface area contributed by atoms with Crippen molar-refractivity contribution < 1.29 is 4.92 Å². The molecule has 1 heterocycles. The minimum absolute atomic E-state index is 0.110. The molecule has 1 fully saturated rings. The van der Waals surface area contributed by atoms with E-state index < -0.39 is 6.04 Å². The van der Waals surface area contributed by atoms with Crippen LogP contribution in [0.2, 0.25) is 0 Å². The summed E-state index contributed by atoms with van der Waals surface area (Å²) in [5, 5.41) is 11.6. The maximum absolute atomic E-state index is 11.6. The normalized spacial score (nSPS) is 17.8. The molecular weight excluding hydrogens is 314 g/mol. The summed E-state index contributed by atoms with van der Waals surface area (Å²) in [7, 11) is 0. The summed E-state index contributed by atoms with van der Waals surface area (Å²) in [6.07, 6.45) is 1.03. The minimum atomic E-state index is -0.548. The van der Waals surface area contributed by atoms with E-state index in [1.54, 1.807) is 0 Å². The van der Waals surface area contributed by atoms with Crippen LogP contribution in [-0.2, 0) is 13.1 Å². The lowest BCUT2D eigenvalue weighted by Gasteiger charge is -2.31. The van der Waals surface area contributed by atoms with Crippen LogP contribution in [0.4, 0.5) is 0 Å². The van der Waals surface area contributed by atoms with Crippen LogP contribution in [0.5, 0.6) is 0 Å². The van der Waals surface area contributed by atoms with Gasteiger partial charge in [0.15, 0.2) is 0 Å². The molecule has 1 aliphatic heterocycles. The summed E-state index contributed by atoms with van der Waals surface area (Å²) in [4.78, 5) is 15.9. The van der Waals surface area contributed by atoms with Gasteiger partial charge in [0.1, 0.15) is 0 Å². The average Bonchev–Trinajstić information content (AvgIpc) is 2.60. The molecule has 0 saturated carbocycles. The third kappa shape index (κ3) is 5.37. The number of hydrogen-bond acceptors (Lipinski definition) is 4. The molecule has 3 rings (SSSR count). The van der Waals surface area contributed by atoms with Crippen molar-refractivity contribution >= 4 is 0 Å². The van der Waals surface area contributed by atoms with E-state index in [2.05, 4.69) is 34.1 Å². The zero-order chi connectivity index (χ0) is 17.5. The molecule has 25 heavy (non-hydrogen) atoms. The first kappa shape index (κ1) is 17.6. The summed E-state index contributed by atoms with van der Waals surface area (Å²) < 4.78 is 0. The smallest absolute Gasteiger partial charge is 0.238 e. The molecule has 5 nitrogen and oxygen atoms in total. The van der Waals surface area contributed by atoms with Crippen LogP contribution in [-0.4, -0.2) is 46.9 Å². The van der Waals surface area contributed by atoms with E-state index in [9.17, 15) is 10.1 Å². The minimum Gasteiger partial charge on any atom is -0.292 e. The Morgan fingerprint density at radius 1 is 0.840 bits per heavy atom. The second-order valence-corrected chi connectivity index (χ2v) is 6.73. The van der Waals surface area contributed by atoms with Crippen molar-refractivity contribution in [2.45, 2.75) is 25.6 Å². The average molecular weight is 339 g/mol. The van der Waals surface area contributed by atoms with Gasteiger partial charge in [-0.2, -0.15) is 0 Å². The molecule has 2 aromatic rings. The van der Waals surface area contributed by atoms with Gasteiger partial charge in [0, 0.05) is 18.0 Å². The summed E-state index contributed by atoms with van der Waals surface area (Å²) in [6, 6.07) is 19.9. The van der Waals surface area contributed by atoms with Gasteiger partial charge >= 0.3 is 0 Å². The maximum Gasteiger partial charge on any atom is 0.238 e. The number of hydrogen-bond donors (Lipinski definition) is 0. The molecule has 0 radical (unpaired) electrons. The highest BCUT2D eigenvalue weighted by molar-refractivity contribution is 5.15. The van der Waals surface area contributed by atoms with E-state index in [-0.39, 0.29) is 4.92 Å². The van der Waals surface area contributed by atoms with Crippen LogP contribution in [0, 0.1) is 10.1 Å². The number of nitro groups is 1. The van der Waals surface area contributed by atoms with E-state index in [1.165, 1.54) is 11.1 Å². The lowest BCUT2D eigenvalue weighted by atomic mass is 10.1. The molecule has 0 aromatic heterocycles. The Bertz CT molecular complexity index is 612. The van der Waals surface area contributed by atoms with E-state index in [4.69, 9.17) is 0 Å². The van der Waals surface area contributed by atoms with E-state index in [1.807, 2.05) is 36.4 Å². The van der Waals surface area contributed by atoms with Gasteiger partial charge in [0.05, 0.1) is 13.1 Å². The van der Waals surface area contributed by atoms with Crippen molar-refractivity contribution in [3.63, 3.8) is 0 Å². The first-order valence-corrected chi connectivity index (χ1v) is 8.87. The van der Waals surface area contributed by atoms with Gasteiger partial charge in [0.2, 0.25) is 6.04 Å². The molecule has 0 bridgehead atoms. The molecule has 0 spiro atoms. The molecule has 0 unspecified atom stereocenters. The zero-order valence-electron chi connectivity index (χ0n) is 14.5. The first-order chi connectivity index (χ1) is 12.2. The van der Waals surface area contributed by atoms with Crippen molar-refractivity contribution in [3.8, 4) is 0 Å². The standard InChI is InChI=1S/C20H25N3O2/c24-23(25)20-16-21(14-18-8-3-1-4-9-18)12-7-13-22(17-20)15-19-10-5-2-6-11-19/h1-6,8-11,20H,7,12-17H2. The largest absolute Gasteiger partial charge is 0.292 e. The topological polar surface area (TPSA) is 49.6 Å². The lowest BCUT2D eigenvalue weighted by molar-refractivity contribution is -0.524. The van der Waals surface area contributed by atoms with Crippen molar-refractivity contribution in [3.05, 3.63) is 81.9 Å². The van der Waals surface area contributed by atoms with Gasteiger partial charge in [-0.25, -0.2) is 0 Å². The second kappa shape index (κ2) is 8.74. The molecular formula is C20H25N3O2. The van der Waals surface area contributed by atoms with Crippen molar-refractivity contribution in [1.29, 1.82) is 0 Å². The van der Waals surface area contributed by atoms with Gasteiger partial charge in [-0.3, -0.25) is 19.9 Å². The van der Waals surface area contributed by atoms with E-state index >= 15 is 0 Å². The molecule has 0 amide bonds. The fourth-order valence-electron chi connectivity index (χ4n) is 3.46. The van der Waals surface area contributed by atoms with Crippen LogP contribution >= 0.6 is 0 Å². The SMILES string of the molecule is O=[N+]([O-])C1CN(Cc2ccccc2)CCCN(Cc2ccccc2)C1. The molecule has 0 N–H and O–H groups in total. The van der Waals surface area contributed by atoms with Crippen LogP contribution in [0.1, 0.15) is 17.5 Å². The number of benzene rings is 2. The Labute approximate surface area is 149 Å². The molecule has 5 heteroatoms. The highest BCUT2D eigenvalue weighted by atomic mass is 16.6. The Hall–Kier alpha value is -2.24. The number of nitrogens with zero attached hydrogens (tertiary/aromatic N) is 3. The highest BCUT2D eigenvalue weighted by Crippen LogP contribution is 2.13. The molecule has 1 saturated heterocycles. The third-order valence-corrected chi connectivity index (χ3v) is 4.68. The van der Waals surface area contributed by atoms with Gasteiger partial charge < -0.3 is 0 Å². The van der Waals surface area contributed by atoms with Crippen LogP contribution in [0.3, 0.4) is 0 Å². The Morgan fingerprint density at radius 2 is 1.28 bits per heavy atom. The Balaban J connectivity index is 1.64. The van der Waals surface area contributed by atoms with Crippen molar-refractivity contribution in [1.82, 2.24) is 9.80 Å². The predicted molar refractivity (Wildman–Crippen MR) is 98.8 cm³/mol. The van der Waals surface area contributed by atoms with Crippen LogP contribution in [0.25, 0.3) is 0 Å². The Morgan fingerprint density at radius 3 is 1.68 bits per heavy atom. The third-order valence-electron chi connectivity index (χ3n) is 4.68. The second-order valence-electron chi connectivity index (χ2n) is 6.73. The molecule has 1 aliphatic rings. The predicted octanol–water partition coefficient (Wildman–Crippen LogP) is 3.04. The van der Waals surface area contributed by atoms with Crippen molar-refractivity contribution in [2.75, 3.05) is 26.2 Å². The van der Waals surface area contributed by atoms with Crippen LogP contribution < -0.4 is 0 Å². The quantitative estimate of drug-likeness (QED) is 0.621. The maximum atomic E-state index is 11.6.